The molecule has 0 aliphatic heterocycles. The molecule has 11 aromatic rings. The summed E-state index contributed by atoms with van der Waals surface area (Å²) in [6, 6.07) is 79.3. The molecule has 3 heteroatoms. The van der Waals surface area contributed by atoms with Crippen molar-refractivity contribution in [2.24, 2.45) is 0 Å². The Morgan fingerprint density at radius 3 is 1.58 bits per heavy atom. The van der Waals surface area contributed by atoms with E-state index in [2.05, 4.69) is 228 Å². The maximum absolute atomic E-state index is 2.41. The number of aromatic nitrogens is 1. The average Bonchev–Trinajstić information content (AvgIpc) is 3.83. The van der Waals surface area contributed by atoms with Gasteiger partial charge in [-0.15, -0.1) is 11.3 Å². The molecule has 0 N–H and O–H groups in total. The first-order valence-corrected chi connectivity index (χ1v) is 20.2. The molecule has 2 nitrogen and oxygen atoms in total. The summed E-state index contributed by atoms with van der Waals surface area (Å²) in [6.07, 6.45) is 0. The summed E-state index contributed by atoms with van der Waals surface area (Å²) in [6.45, 7) is 0. The number of para-hydroxylation sites is 3. The van der Waals surface area contributed by atoms with Gasteiger partial charge in [-0.1, -0.05) is 140 Å². The van der Waals surface area contributed by atoms with Crippen LogP contribution in [-0.4, -0.2) is 4.57 Å². The van der Waals surface area contributed by atoms with Crippen LogP contribution in [0.25, 0.3) is 81.0 Å². The number of benzene rings is 9. The summed E-state index contributed by atoms with van der Waals surface area (Å²) in [5, 5.41) is 5.11. The van der Waals surface area contributed by atoms with E-state index in [1.165, 1.54) is 81.0 Å². The van der Waals surface area contributed by atoms with Crippen LogP contribution in [0.4, 0.5) is 17.1 Å². The molecule has 0 amide bonds. The quantitative estimate of drug-likeness (QED) is 0.158. The van der Waals surface area contributed by atoms with Gasteiger partial charge in [0.25, 0.3) is 0 Å². The molecule has 0 bridgehead atoms. The maximum Gasteiger partial charge on any atom is 0.0547 e. The summed E-state index contributed by atoms with van der Waals surface area (Å²) < 4.78 is 5.03. The fraction of sp³-hybridized carbons (Fsp3) is 0. The van der Waals surface area contributed by atoms with Gasteiger partial charge in [-0.3, -0.25) is 0 Å². The predicted octanol–water partition coefficient (Wildman–Crippen LogP) is 15.6. The number of anilines is 3. The SMILES string of the molecule is c1ccc(-c2ccc(N(c3ccccc3)c3ccc(-c4cc(-c5ccc6c7ccccc7n(-c7ccccc7)c6c5)c5sc6ccccc6c5c4)cc3)cc2)cc1. The summed E-state index contributed by atoms with van der Waals surface area (Å²) >= 11 is 1.89. The Bertz CT molecular complexity index is 3200. The van der Waals surface area contributed by atoms with Gasteiger partial charge in [0.15, 0.2) is 0 Å². The van der Waals surface area contributed by atoms with Crippen molar-refractivity contribution >= 4 is 70.4 Å². The summed E-state index contributed by atoms with van der Waals surface area (Å²) in [5.41, 5.74) is 14.2. The molecule has 9 aromatic carbocycles. The van der Waals surface area contributed by atoms with Crippen molar-refractivity contribution in [2.75, 3.05) is 4.90 Å². The van der Waals surface area contributed by atoms with Crippen molar-refractivity contribution in [3.63, 3.8) is 0 Å². The van der Waals surface area contributed by atoms with Gasteiger partial charge in [0.1, 0.15) is 0 Å². The van der Waals surface area contributed by atoms with E-state index >= 15 is 0 Å². The Labute approximate surface area is 335 Å². The third kappa shape index (κ3) is 5.80. The molecular formula is C54H36N2S. The number of hydrogen-bond donors (Lipinski definition) is 0. The van der Waals surface area contributed by atoms with E-state index < -0.39 is 0 Å². The number of nitrogens with zero attached hydrogens (tertiary/aromatic N) is 2. The van der Waals surface area contributed by atoms with E-state index in [-0.39, 0.29) is 0 Å². The van der Waals surface area contributed by atoms with Gasteiger partial charge in [0, 0.05) is 59.3 Å². The fourth-order valence-corrected chi connectivity index (χ4v) is 9.68. The van der Waals surface area contributed by atoms with E-state index in [0.29, 0.717) is 0 Å². The van der Waals surface area contributed by atoms with Crippen LogP contribution in [0, 0.1) is 0 Å². The first kappa shape index (κ1) is 33.2. The molecule has 0 saturated heterocycles. The highest BCUT2D eigenvalue weighted by molar-refractivity contribution is 7.26. The zero-order valence-corrected chi connectivity index (χ0v) is 31.9. The van der Waals surface area contributed by atoms with Gasteiger partial charge in [-0.2, -0.15) is 0 Å². The first-order chi connectivity index (χ1) is 28.3. The predicted molar refractivity (Wildman–Crippen MR) is 245 cm³/mol. The van der Waals surface area contributed by atoms with Crippen molar-refractivity contribution in [1.29, 1.82) is 0 Å². The Balaban J connectivity index is 1.05. The second-order valence-electron chi connectivity index (χ2n) is 14.5. The number of fused-ring (bicyclic) bond motifs is 6. The van der Waals surface area contributed by atoms with Crippen molar-refractivity contribution in [3.05, 3.63) is 218 Å². The number of hydrogen-bond acceptors (Lipinski definition) is 2. The highest BCUT2D eigenvalue weighted by Gasteiger charge is 2.18. The molecule has 0 atom stereocenters. The van der Waals surface area contributed by atoms with Crippen molar-refractivity contribution in [3.8, 4) is 39.1 Å². The van der Waals surface area contributed by atoms with Crippen LogP contribution in [0.15, 0.2) is 218 Å². The minimum atomic E-state index is 1.11. The molecule has 0 aliphatic rings. The monoisotopic (exact) mass is 744 g/mol. The van der Waals surface area contributed by atoms with E-state index in [4.69, 9.17) is 0 Å². The second kappa shape index (κ2) is 13.8. The van der Waals surface area contributed by atoms with Gasteiger partial charge < -0.3 is 9.47 Å². The molecular weight excluding hydrogens is 709 g/mol. The lowest BCUT2D eigenvalue weighted by molar-refractivity contribution is 1.18. The standard InChI is InChI=1S/C54H36N2S/c1-4-14-37(15-5-1)38-24-29-44(30-25-38)55(42-16-6-2-7-17-42)45-31-26-39(27-32-45)41-34-49(54-50(35-41)48-21-11-13-23-53(48)57-54)40-28-33-47-46-20-10-12-22-51(46)56(52(47)36-40)43-18-8-3-9-19-43/h1-36H. The molecule has 268 valence electrons. The molecule has 11 rings (SSSR count). The molecule has 2 aromatic heterocycles. The van der Waals surface area contributed by atoms with Crippen LogP contribution in [-0.2, 0) is 0 Å². The zero-order valence-electron chi connectivity index (χ0n) is 31.1. The molecule has 0 spiro atoms. The van der Waals surface area contributed by atoms with Crippen LogP contribution in [0.3, 0.4) is 0 Å². The minimum absolute atomic E-state index is 1.11. The van der Waals surface area contributed by atoms with Crippen LogP contribution < -0.4 is 4.90 Å². The maximum atomic E-state index is 2.41. The number of rotatable bonds is 7. The van der Waals surface area contributed by atoms with E-state index in [0.717, 1.165) is 17.1 Å². The Morgan fingerprint density at radius 2 is 0.860 bits per heavy atom. The van der Waals surface area contributed by atoms with Gasteiger partial charge in [0.05, 0.1) is 11.0 Å². The van der Waals surface area contributed by atoms with Crippen molar-refractivity contribution in [1.82, 2.24) is 4.57 Å². The lowest BCUT2D eigenvalue weighted by Gasteiger charge is -2.26. The molecule has 0 saturated carbocycles. The Kier molecular flexibility index (Phi) is 8.04. The highest BCUT2D eigenvalue weighted by Crippen LogP contribution is 2.45. The van der Waals surface area contributed by atoms with Crippen molar-refractivity contribution in [2.45, 2.75) is 0 Å². The van der Waals surface area contributed by atoms with Crippen LogP contribution in [0.1, 0.15) is 0 Å². The van der Waals surface area contributed by atoms with Gasteiger partial charge in [-0.05, 0) is 107 Å². The smallest absolute Gasteiger partial charge is 0.0547 e. The fourth-order valence-electron chi connectivity index (χ4n) is 8.46. The van der Waals surface area contributed by atoms with Gasteiger partial charge in [0.2, 0.25) is 0 Å². The van der Waals surface area contributed by atoms with E-state index in [9.17, 15) is 0 Å². The summed E-state index contributed by atoms with van der Waals surface area (Å²) in [4.78, 5) is 2.33. The zero-order chi connectivity index (χ0) is 37.7. The highest BCUT2D eigenvalue weighted by atomic mass is 32.1. The molecule has 0 unspecified atom stereocenters. The average molecular weight is 745 g/mol. The van der Waals surface area contributed by atoms with Crippen LogP contribution in [0.5, 0.6) is 0 Å². The molecule has 0 aliphatic carbocycles. The molecule has 2 heterocycles. The summed E-state index contributed by atoms with van der Waals surface area (Å²) in [7, 11) is 0. The summed E-state index contributed by atoms with van der Waals surface area (Å²) in [5.74, 6) is 0. The van der Waals surface area contributed by atoms with Gasteiger partial charge >= 0.3 is 0 Å². The topological polar surface area (TPSA) is 8.17 Å². The van der Waals surface area contributed by atoms with E-state index in [1.54, 1.807) is 0 Å². The first-order valence-electron chi connectivity index (χ1n) is 19.4. The second-order valence-corrected chi connectivity index (χ2v) is 15.6. The molecule has 0 fully saturated rings. The normalized spacial score (nSPS) is 11.5. The molecule has 0 radical (unpaired) electrons. The lowest BCUT2D eigenvalue weighted by Crippen LogP contribution is -2.09. The third-order valence-electron chi connectivity index (χ3n) is 11.2. The van der Waals surface area contributed by atoms with Crippen molar-refractivity contribution < 1.29 is 0 Å². The van der Waals surface area contributed by atoms with Gasteiger partial charge in [-0.25, -0.2) is 0 Å². The molecule has 57 heavy (non-hydrogen) atoms. The Morgan fingerprint density at radius 1 is 0.333 bits per heavy atom. The van der Waals surface area contributed by atoms with Crippen LogP contribution in [0.2, 0.25) is 0 Å². The van der Waals surface area contributed by atoms with E-state index in [1.807, 2.05) is 11.3 Å². The van der Waals surface area contributed by atoms with Crippen LogP contribution >= 0.6 is 11.3 Å². The number of thiophene rings is 1. The third-order valence-corrected chi connectivity index (χ3v) is 12.4. The largest absolute Gasteiger partial charge is 0.311 e. The lowest BCUT2D eigenvalue weighted by atomic mass is 9.95. The Hall–Kier alpha value is -7.20. The minimum Gasteiger partial charge on any atom is -0.311 e.